The van der Waals surface area contributed by atoms with E-state index in [0.29, 0.717) is 29.0 Å². The second-order valence-corrected chi connectivity index (χ2v) is 11.4. The molecule has 1 heterocycles. The molecule has 0 saturated heterocycles. The molecule has 4 rings (SSSR count). The number of hydrogen-bond acceptors (Lipinski definition) is 4. The van der Waals surface area contributed by atoms with Gasteiger partial charge in [0.1, 0.15) is 11.9 Å². The highest BCUT2D eigenvalue weighted by Crippen LogP contribution is 2.32. The van der Waals surface area contributed by atoms with E-state index in [1.54, 1.807) is 47.4 Å². The van der Waals surface area contributed by atoms with Gasteiger partial charge in [0, 0.05) is 49.1 Å². The van der Waals surface area contributed by atoms with E-state index in [0.717, 1.165) is 5.56 Å². The van der Waals surface area contributed by atoms with Crippen molar-refractivity contribution in [3.8, 4) is 0 Å². The van der Waals surface area contributed by atoms with E-state index < -0.39 is 23.7 Å². The van der Waals surface area contributed by atoms with Crippen LogP contribution in [-0.2, 0) is 27.5 Å². The summed E-state index contributed by atoms with van der Waals surface area (Å²) in [5.41, 5.74) is 2.38. The number of para-hydroxylation sites is 1. The maximum atomic E-state index is 14.2. The number of amides is 4. The van der Waals surface area contributed by atoms with Crippen LogP contribution in [0.4, 0.5) is 15.8 Å². The van der Waals surface area contributed by atoms with E-state index in [2.05, 4.69) is 10.6 Å². The Balaban J connectivity index is 1.68. The molecule has 4 amide bonds. The number of halogens is 1. The zero-order valence-corrected chi connectivity index (χ0v) is 23.7. The fraction of sp³-hybridized carbons (Fsp3) is 0.312. The minimum Gasteiger partial charge on any atom is -0.352 e. The minimum absolute atomic E-state index is 0.0447. The van der Waals surface area contributed by atoms with Gasteiger partial charge in [-0.2, -0.15) is 0 Å². The van der Waals surface area contributed by atoms with Crippen LogP contribution in [0.15, 0.2) is 72.8 Å². The number of hydrogen-bond donors (Lipinski definition) is 2. The standard InChI is InChI=1S/C32H35FN4O4/c1-21(38)35-25-15-13-22(14-16-25)30(40)36-19-24-10-6-8-12-27(24)37(20-32(2,3)4)31(41)28(36)17-29(39)34-18-23-9-5-7-11-26(23)33/h5-16,28H,17-20H2,1-4H3,(H,34,39)(H,35,38). The van der Waals surface area contributed by atoms with Crippen molar-refractivity contribution in [1.29, 1.82) is 0 Å². The third-order valence-electron chi connectivity index (χ3n) is 6.71. The molecule has 0 aliphatic carbocycles. The Morgan fingerprint density at radius 2 is 1.61 bits per heavy atom. The van der Waals surface area contributed by atoms with Gasteiger partial charge in [-0.25, -0.2) is 4.39 Å². The number of carbonyl (C=O) groups excluding carboxylic acids is 4. The lowest BCUT2D eigenvalue weighted by Gasteiger charge is -2.33. The van der Waals surface area contributed by atoms with Crippen molar-refractivity contribution in [2.45, 2.75) is 53.2 Å². The summed E-state index contributed by atoms with van der Waals surface area (Å²) in [4.78, 5) is 55.9. The van der Waals surface area contributed by atoms with Crippen molar-refractivity contribution in [3.63, 3.8) is 0 Å². The number of anilines is 2. The number of nitrogens with one attached hydrogen (secondary N) is 2. The van der Waals surface area contributed by atoms with Crippen LogP contribution >= 0.6 is 0 Å². The average Bonchev–Trinajstić information content (AvgIpc) is 3.02. The summed E-state index contributed by atoms with van der Waals surface area (Å²) in [7, 11) is 0. The minimum atomic E-state index is -1.10. The first-order valence-corrected chi connectivity index (χ1v) is 13.5. The molecular weight excluding hydrogens is 523 g/mol. The van der Waals surface area contributed by atoms with Crippen LogP contribution in [0.3, 0.4) is 0 Å². The molecule has 8 nitrogen and oxygen atoms in total. The molecule has 0 spiro atoms. The Bertz CT molecular complexity index is 1450. The second kappa shape index (κ2) is 12.3. The zero-order valence-electron chi connectivity index (χ0n) is 23.7. The molecule has 0 bridgehead atoms. The van der Waals surface area contributed by atoms with Gasteiger partial charge in [-0.15, -0.1) is 0 Å². The monoisotopic (exact) mass is 558 g/mol. The normalized spacial score (nSPS) is 15.1. The van der Waals surface area contributed by atoms with Crippen molar-refractivity contribution >= 4 is 35.0 Å². The van der Waals surface area contributed by atoms with Gasteiger partial charge in [-0.1, -0.05) is 57.2 Å². The maximum absolute atomic E-state index is 14.2. The molecule has 214 valence electrons. The SMILES string of the molecule is CC(=O)Nc1ccc(C(=O)N2Cc3ccccc3N(CC(C)(C)C)C(=O)C2CC(=O)NCc2ccccc2F)cc1. The van der Waals surface area contributed by atoms with Crippen molar-refractivity contribution in [2.75, 3.05) is 16.8 Å². The summed E-state index contributed by atoms with van der Waals surface area (Å²) >= 11 is 0. The summed E-state index contributed by atoms with van der Waals surface area (Å²) in [6, 6.07) is 18.8. The fourth-order valence-electron chi connectivity index (χ4n) is 4.83. The van der Waals surface area contributed by atoms with E-state index in [1.165, 1.54) is 17.9 Å². The molecule has 3 aromatic carbocycles. The highest BCUT2D eigenvalue weighted by Gasteiger charge is 2.40. The predicted molar refractivity (Wildman–Crippen MR) is 156 cm³/mol. The average molecular weight is 559 g/mol. The number of carbonyl (C=O) groups is 4. The van der Waals surface area contributed by atoms with Crippen molar-refractivity contribution in [3.05, 3.63) is 95.3 Å². The van der Waals surface area contributed by atoms with Crippen LogP contribution < -0.4 is 15.5 Å². The van der Waals surface area contributed by atoms with Gasteiger partial charge in [0.15, 0.2) is 0 Å². The lowest BCUT2D eigenvalue weighted by atomic mass is 9.95. The topological polar surface area (TPSA) is 98.8 Å². The highest BCUT2D eigenvalue weighted by molar-refractivity contribution is 6.05. The highest BCUT2D eigenvalue weighted by atomic mass is 19.1. The van der Waals surface area contributed by atoms with Gasteiger partial charge in [-0.3, -0.25) is 19.2 Å². The van der Waals surface area contributed by atoms with E-state index in [4.69, 9.17) is 0 Å². The first-order chi connectivity index (χ1) is 19.4. The molecule has 3 aromatic rings. The van der Waals surface area contributed by atoms with Gasteiger partial charge in [-0.05, 0) is 47.4 Å². The largest absolute Gasteiger partial charge is 0.352 e. The summed E-state index contributed by atoms with van der Waals surface area (Å²) in [6.07, 6.45) is -0.294. The van der Waals surface area contributed by atoms with Crippen LogP contribution in [0.25, 0.3) is 0 Å². The molecule has 1 aliphatic rings. The van der Waals surface area contributed by atoms with Crippen LogP contribution in [0, 0.1) is 11.2 Å². The van der Waals surface area contributed by atoms with Crippen LogP contribution in [0.1, 0.15) is 55.6 Å². The van der Waals surface area contributed by atoms with E-state index in [1.807, 2.05) is 45.0 Å². The molecule has 0 aromatic heterocycles. The molecular formula is C32H35FN4O4. The Kier molecular flexibility index (Phi) is 8.86. The molecule has 0 fully saturated rings. The Morgan fingerprint density at radius 3 is 2.27 bits per heavy atom. The zero-order chi connectivity index (χ0) is 29.7. The van der Waals surface area contributed by atoms with Gasteiger partial charge < -0.3 is 20.4 Å². The van der Waals surface area contributed by atoms with Gasteiger partial charge in [0.2, 0.25) is 17.7 Å². The van der Waals surface area contributed by atoms with Gasteiger partial charge in [0.05, 0.1) is 6.42 Å². The van der Waals surface area contributed by atoms with Crippen LogP contribution in [-0.4, -0.2) is 41.1 Å². The number of rotatable bonds is 7. The Morgan fingerprint density at radius 1 is 0.951 bits per heavy atom. The molecule has 1 atom stereocenters. The molecule has 1 unspecified atom stereocenters. The number of fused-ring (bicyclic) bond motifs is 1. The van der Waals surface area contributed by atoms with Gasteiger partial charge >= 0.3 is 0 Å². The van der Waals surface area contributed by atoms with Crippen LogP contribution in [0.5, 0.6) is 0 Å². The van der Waals surface area contributed by atoms with E-state index in [9.17, 15) is 23.6 Å². The van der Waals surface area contributed by atoms with Crippen molar-refractivity contribution in [2.24, 2.45) is 5.41 Å². The third kappa shape index (κ3) is 7.36. The summed E-state index contributed by atoms with van der Waals surface area (Å²) in [6.45, 7) is 7.89. The summed E-state index contributed by atoms with van der Waals surface area (Å²) in [5.74, 6) is -1.95. The first kappa shape index (κ1) is 29.5. The van der Waals surface area contributed by atoms with Crippen molar-refractivity contribution < 1.29 is 23.6 Å². The molecule has 9 heteroatoms. The summed E-state index contributed by atoms with van der Waals surface area (Å²) < 4.78 is 14.1. The fourth-order valence-corrected chi connectivity index (χ4v) is 4.83. The molecule has 1 aliphatic heterocycles. The van der Waals surface area contributed by atoms with E-state index >= 15 is 0 Å². The van der Waals surface area contributed by atoms with E-state index in [-0.39, 0.29) is 36.7 Å². The summed E-state index contributed by atoms with van der Waals surface area (Å²) in [5, 5.41) is 5.38. The number of benzene rings is 3. The molecule has 41 heavy (non-hydrogen) atoms. The third-order valence-corrected chi connectivity index (χ3v) is 6.71. The van der Waals surface area contributed by atoms with Crippen LogP contribution in [0.2, 0.25) is 0 Å². The predicted octanol–water partition coefficient (Wildman–Crippen LogP) is 4.89. The molecule has 2 N–H and O–H groups in total. The Hall–Kier alpha value is -4.53. The maximum Gasteiger partial charge on any atom is 0.254 e. The quantitative estimate of drug-likeness (QED) is 0.431. The van der Waals surface area contributed by atoms with Gasteiger partial charge in [0.25, 0.3) is 5.91 Å². The molecule has 0 radical (unpaired) electrons. The Labute approximate surface area is 239 Å². The number of nitrogens with zero attached hydrogens (tertiary/aromatic N) is 2. The second-order valence-electron chi connectivity index (χ2n) is 11.4. The smallest absolute Gasteiger partial charge is 0.254 e. The lowest BCUT2D eigenvalue weighted by molar-refractivity contribution is -0.129. The molecule has 0 saturated carbocycles. The lowest BCUT2D eigenvalue weighted by Crippen LogP contribution is -2.52. The first-order valence-electron chi connectivity index (χ1n) is 13.5. The van der Waals surface area contributed by atoms with Crippen molar-refractivity contribution in [1.82, 2.24) is 10.2 Å².